The number of anilines is 2. The molecule has 13 nitrogen and oxygen atoms in total. The molecule has 1 spiro atoms. The molecule has 1 unspecified atom stereocenters. The van der Waals surface area contributed by atoms with Gasteiger partial charge in [-0.1, -0.05) is 29.3 Å². The smallest absolute Gasteiger partial charge is 0.280 e. The van der Waals surface area contributed by atoms with Crippen molar-refractivity contribution in [2.24, 2.45) is 4.99 Å². The Morgan fingerprint density at radius 3 is 2.58 bits per heavy atom. The van der Waals surface area contributed by atoms with Crippen molar-refractivity contribution in [3.8, 4) is 0 Å². The highest BCUT2D eigenvalue weighted by Gasteiger charge is 2.40. The summed E-state index contributed by atoms with van der Waals surface area (Å²) in [6.45, 7) is 3.83. The van der Waals surface area contributed by atoms with Gasteiger partial charge >= 0.3 is 0 Å². The molecule has 15 heteroatoms. The minimum atomic E-state index is -3.58. The van der Waals surface area contributed by atoms with Crippen LogP contribution in [0.3, 0.4) is 0 Å². The number of nitrogens with two attached hydrogens (primary N) is 2. The number of piperidine rings is 1. The summed E-state index contributed by atoms with van der Waals surface area (Å²) in [4.78, 5) is 26.9. The predicted octanol–water partition coefficient (Wildman–Crippen LogP) is 0.204. The number of aromatic nitrogens is 2. The van der Waals surface area contributed by atoms with Crippen LogP contribution in [-0.2, 0) is 10.0 Å². The number of guanidine groups is 1. The normalized spacial score (nSPS) is 18.1. The van der Waals surface area contributed by atoms with Crippen molar-refractivity contribution in [3.05, 3.63) is 40.7 Å². The lowest BCUT2D eigenvalue weighted by Gasteiger charge is -2.41. The Bertz CT molecular complexity index is 1310. The van der Waals surface area contributed by atoms with Gasteiger partial charge in [0.2, 0.25) is 10.0 Å². The number of halogens is 1. The minimum absolute atomic E-state index is 0.0616. The Kier molecular flexibility index (Phi) is 8.37. The molecular formula is C23H32ClN9O4S. The SMILES string of the molecule is Cc1ccc(S(=O)(=O)NCCCC(O)N2CCC3(CC2)CN=C(NC(=O)c2nc(Cl)c(N)nc2N)N3)cc1. The van der Waals surface area contributed by atoms with Crippen LogP contribution in [0.5, 0.6) is 0 Å². The van der Waals surface area contributed by atoms with E-state index >= 15 is 0 Å². The predicted molar refractivity (Wildman–Crippen MR) is 144 cm³/mol. The number of nitrogens with one attached hydrogen (secondary N) is 3. The maximum Gasteiger partial charge on any atom is 0.280 e. The number of aryl methyl sites for hydroxylation is 1. The van der Waals surface area contributed by atoms with Crippen LogP contribution in [-0.4, -0.2) is 78.2 Å². The first kappa shape index (κ1) is 28.0. The largest absolute Gasteiger partial charge is 0.382 e. The van der Waals surface area contributed by atoms with Crippen molar-refractivity contribution in [3.63, 3.8) is 0 Å². The van der Waals surface area contributed by atoms with Crippen molar-refractivity contribution in [1.29, 1.82) is 0 Å². The number of aliphatic hydroxyl groups excluding tert-OH is 1. The fourth-order valence-corrected chi connectivity index (χ4v) is 5.62. The molecule has 38 heavy (non-hydrogen) atoms. The first-order chi connectivity index (χ1) is 18.0. The van der Waals surface area contributed by atoms with Gasteiger partial charge in [-0.15, -0.1) is 0 Å². The fourth-order valence-electron chi connectivity index (χ4n) is 4.41. The van der Waals surface area contributed by atoms with E-state index < -0.39 is 22.2 Å². The topological polar surface area (TPSA) is 201 Å². The zero-order valence-electron chi connectivity index (χ0n) is 20.9. The van der Waals surface area contributed by atoms with Gasteiger partial charge in [0, 0.05) is 19.6 Å². The van der Waals surface area contributed by atoms with Crippen molar-refractivity contribution in [2.75, 3.05) is 37.6 Å². The molecule has 2 aliphatic rings. The van der Waals surface area contributed by atoms with Crippen LogP contribution < -0.4 is 26.8 Å². The van der Waals surface area contributed by atoms with E-state index in [9.17, 15) is 18.3 Å². The maximum absolute atomic E-state index is 12.6. The molecule has 1 atom stereocenters. The van der Waals surface area contributed by atoms with Crippen molar-refractivity contribution >= 4 is 45.1 Å². The van der Waals surface area contributed by atoms with Crippen molar-refractivity contribution < 1.29 is 18.3 Å². The van der Waals surface area contributed by atoms with Crippen LogP contribution in [0.2, 0.25) is 5.15 Å². The van der Waals surface area contributed by atoms with E-state index in [0.717, 1.165) is 5.56 Å². The number of aliphatic hydroxyl groups is 1. The standard InChI is InChI=1S/C23H32ClN9O4S/c1-14-4-6-15(7-5-14)38(36,37)28-10-2-3-16(34)33-11-8-23(9-12-33)13-27-22(32-23)31-21(35)17-19(25)30-20(26)18(24)29-17/h4-7,16,28,34H,2-3,8-13H2,1H3,(H4,25,26,30)(H2,27,31,32,35). The van der Waals surface area contributed by atoms with E-state index in [2.05, 4.69) is 30.3 Å². The van der Waals surface area contributed by atoms with Gasteiger partial charge in [-0.2, -0.15) is 0 Å². The van der Waals surface area contributed by atoms with E-state index in [1.54, 1.807) is 24.3 Å². The molecule has 1 aromatic carbocycles. The summed E-state index contributed by atoms with van der Waals surface area (Å²) < 4.78 is 27.4. The summed E-state index contributed by atoms with van der Waals surface area (Å²) in [5.74, 6) is -0.499. The van der Waals surface area contributed by atoms with E-state index in [0.29, 0.717) is 51.3 Å². The molecule has 4 rings (SSSR count). The molecule has 206 valence electrons. The number of carbonyl (C=O) groups excluding carboxylic acids is 1. The molecule has 0 saturated carbocycles. The number of benzene rings is 1. The van der Waals surface area contributed by atoms with Crippen LogP contribution in [0.15, 0.2) is 34.2 Å². The second-order valence-corrected chi connectivity index (χ2v) is 11.7. The molecule has 1 aromatic heterocycles. The van der Waals surface area contributed by atoms with Gasteiger partial charge in [0.05, 0.1) is 17.0 Å². The zero-order valence-corrected chi connectivity index (χ0v) is 22.5. The summed E-state index contributed by atoms with van der Waals surface area (Å²) in [5.41, 5.74) is 11.8. The number of nitrogens with zero attached hydrogens (tertiary/aromatic N) is 4. The quantitative estimate of drug-likeness (QED) is 0.240. The van der Waals surface area contributed by atoms with Gasteiger partial charge in [-0.25, -0.2) is 23.1 Å². The Hall–Kier alpha value is -3.04. The van der Waals surface area contributed by atoms with Crippen molar-refractivity contribution in [2.45, 2.75) is 49.3 Å². The highest BCUT2D eigenvalue weighted by molar-refractivity contribution is 7.89. The number of hydrogen-bond acceptors (Lipinski definition) is 11. The third-order valence-electron chi connectivity index (χ3n) is 6.71. The van der Waals surface area contributed by atoms with Gasteiger partial charge in [0.15, 0.2) is 28.4 Å². The Morgan fingerprint density at radius 1 is 1.21 bits per heavy atom. The molecule has 1 fully saturated rings. The second kappa shape index (κ2) is 11.4. The number of rotatable bonds is 8. The lowest BCUT2D eigenvalue weighted by molar-refractivity contribution is -0.0266. The lowest BCUT2D eigenvalue weighted by atomic mass is 9.88. The van der Waals surface area contributed by atoms with Crippen LogP contribution in [0.4, 0.5) is 11.6 Å². The molecule has 2 aromatic rings. The maximum atomic E-state index is 12.6. The summed E-state index contributed by atoms with van der Waals surface area (Å²) >= 11 is 5.86. The molecule has 8 N–H and O–H groups in total. The molecule has 0 bridgehead atoms. The monoisotopic (exact) mass is 565 g/mol. The number of amides is 1. The average molecular weight is 566 g/mol. The van der Waals surface area contributed by atoms with E-state index in [1.807, 2.05) is 11.8 Å². The average Bonchev–Trinajstić information content (AvgIpc) is 3.26. The van der Waals surface area contributed by atoms with Crippen LogP contribution in [0.1, 0.15) is 41.7 Å². The lowest BCUT2D eigenvalue weighted by Crippen LogP contribution is -2.57. The number of hydrogen-bond donors (Lipinski definition) is 6. The summed E-state index contributed by atoms with van der Waals surface area (Å²) in [5, 5.41) is 16.5. The summed E-state index contributed by atoms with van der Waals surface area (Å²) in [6, 6.07) is 6.65. The fraction of sp³-hybridized carbons (Fsp3) is 0.478. The molecule has 1 saturated heterocycles. The van der Waals surface area contributed by atoms with E-state index in [1.165, 1.54) is 0 Å². The highest BCUT2D eigenvalue weighted by Crippen LogP contribution is 2.27. The third kappa shape index (κ3) is 6.50. The van der Waals surface area contributed by atoms with Gasteiger partial charge in [0.1, 0.15) is 6.23 Å². The van der Waals surface area contributed by atoms with Gasteiger partial charge in [-0.05, 0) is 44.7 Å². The number of nitrogen functional groups attached to an aromatic ring is 2. The van der Waals surface area contributed by atoms with Gasteiger partial charge in [0.25, 0.3) is 5.91 Å². The number of sulfonamides is 1. The number of aliphatic imine (C=N–C) groups is 1. The summed E-state index contributed by atoms with van der Waals surface area (Å²) in [6.07, 6.45) is 1.63. The van der Waals surface area contributed by atoms with Crippen LogP contribution in [0, 0.1) is 6.92 Å². The molecule has 0 radical (unpaired) electrons. The highest BCUT2D eigenvalue weighted by atomic mass is 35.5. The van der Waals surface area contributed by atoms with Crippen LogP contribution in [0.25, 0.3) is 0 Å². The zero-order chi connectivity index (χ0) is 27.5. The van der Waals surface area contributed by atoms with E-state index in [4.69, 9.17) is 23.1 Å². The molecule has 2 aliphatic heterocycles. The minimum Gasteiger partial charge on any atom is -0.382 e. The van der Waals surface area contributed by atoms with Crippen LogP contribution >= 0.6 is 11.6 Å². The second-order valence-electron chi connectivity index (χ2n) is 9.53. The van der Waals surface area contributed by atoms with Gasteiger partial charge in [-0.3, -0.25) is 20.0 Å². The third-order valence-corrected chi connectivity index (χ3v) is 8.47. The Morgan fingerprint density at radius 2 is 1.89 bits per heavy atom. The van der Waals surface area contributed by atoms with E-state index in [-0.39, 0.29) is 39.5 Å². The molecule has 3 heterocycles. The van der Waals surface area contributed by atoms with Gasteiger partial charge < -0.3 is 21.9 Å². The Labute approximate surface area is 226 Å². The van der Waals surface area contributed by atoms with Crippen molar-refractivity contribution in [1.82, 2.24) is 30.2 Å². The molecule has 1 amide bonds. The first-order valence-corrected chi connectivity index (χ1v) is 14.1. The summed E-state index contributed by atoms with van der Waals surface area (Å²) in [7, 11) is -3.58. The Balaban J connectivity index is 1.20. The number of carbonyl (C=O) groups is 1. The number of likely N-dealkylation sites (tertiary alicyclic amines) is 1. The first-order valence-electron chi connectivity index (χ1n) is 12.2. The molecular weight excluding hydrogens is 534 g/mol. The molecule has 0 aliphatic carbocycles.